The quantitative estimate of drug-likeness (QED) is 0.583. The van der Waals surface area contributed by atoms with Gasteiger partial charge in [-0.3, -0.25) is 11.3 Å². The van der Waals surface area contributed by atoms with Crippen molar-refractivity contribution < 1.29 is 0 Å². The second kappa shape index (κ2) is 5.44. The second-order valence-electron chi connectivity index (χ2n) is 3.75. The van der Waals surface area contributed by atoms with E-state index in [0.717, 1.165) is 11.4 Å². The molecule has 0 radical (unpaired) electrons. The van der Waals surface area contributed by atoms with Gasteiger partial charge in [-0.1, -0.05) is 20.3 Å². The molecule has 0 saturated heterocycles. The molecule has 14 heavy (non-hydrogen) atoms. The van der Waals surface area contributed by atoms with Crippen LogP contribution in [0, 0.1) is 12.8 Å². The number of aryl methyl sites for hydroxylation is 1. The van der Waals surface area contributed by atoms with Gasteiger partial charge in [-0.05, 0) is 19.3 Å². The molecule has 0 fully saturated rings. The van der Waals surface area contributed by atoms with Gasteiger partial charge < -0.3 is 0 Å². The Labute approximate surface area is 89.7 Å². The van der Waals surface area contributed by atoms with Crippen LogP contribution < -0.4 is 11.3 Å². The maximum atomic E-state index is 5.55. The monoisotopic (exact) mass is 213 g/mol. The Bertz CT molecular complexity index is 272. The largest absolute Gasteiger partial charge is 0.271 e. The molecule has 0 aliphatic carbocycles. The van der Waals surface area contributed by atoms with E-state index >= 15 is 0 Å². The Morgan fingerprint density at radius 1 is 1.64 bits per heavy atom. The van der Waals surface area contributed by atoms with Gasteiger partial charge in [0.05, 0.1) is 11.0 Å². The van der Waals surface area contributed by atoms with E-state index in [4.69, 9.17) is 5.84 Å². The van der Waals surface area contributed by atoms with Gasteiger partial charge in [0.1, 0.15) is 0 Å². The number of hydrogen-bond donors (Lipinski definition) is 2. The maximum Gasteiger partial charge on any atom is 0.0897 e. The smallest absolute Gasteiger partial charge is 0.0897 e. The highest BCUT2D eigenvalue weighted by Gasteiger charge is 2.14. The normalized spacial score (nSPS) is 15.4. The third kappa shape index (κ3) is 3.04. The topological polar surface area (TPSA) is 50.9 Å². The number of nitrogens with two attached hydrogens (primary N) is 1. The molecule has 0 amide bonds. The highest BCUT2D eigenvalue weighted by atomic mass is 32.1. The minimum atomic E-state index is 0.260. The Hall–Kier alpha value is -0.450. The zero-order valence-corrected chi connectivity index (χ0v) is 9.90. The van der Waals surface area contributed by atoms with Crippen LogP contribution in [0.4, 0.5) is 0 Å². The predicted molar refractivity (Wildman–Crippen MR) is 61.0 cm³/mol. The van der Waals surface area contributed by atoms with Crippen molar-refractivity contribution in [1.82, 2.24) is 10.4 Å². The highest BCUT2D eigenvalue weighted by Crippen LogP contribution is 2.26. The van der Waals surface area contributed by atoms with E-state index in [-0.39, 0.29) is 6.04 Å². The van der Waals surface area contributed by atoms with Crippen molar-refractivity contribution in [3.63, 3.8) is 0 Å². The molecule has 4 heteroatoms. The summed E-state index contributed by atoms with van der Waals surface area (Å²) in [5.74, 6) is 6.24. The van der Waals surface area contributed by atoms with Crippen molar-refractivity contribution in [2.45, 2.75) is 39.7 Å². The van der Waals surface area contributed by atoms with Crippen LogP contribution in [0.25, 0.3) is 0 Å². The lowest BCUT2D eigenvalue weighted by Gasteiger charge is -2.17. The lowest BCUT2D eigenvalue weighted by molar-refractivity contribution is 0.411. The first-order valence-electron chi connectivity index (χ1n) is 5.05. The van der Waals surface area contributed by atoms with Crippen LogP contribution in [0.15, 0.2) is 6.20 Å². The number of nitrogens with zero attached hydrogens (tertiary/aromatic N) is 1. The molecule has 1 aromatic heterocycles. The average Bonchev–Trinajstić information content (AvgIpc) is 2.60. The first kappa shape index (κ1) is 11.6. The summed E-state index contributed by atoms with van der Waals surface area (Å²) in [6.07, 6.45) is 4.19. The second-order valence-corrected chi connectivity index (χ2v) is 5.02. The van der Waals surface area contributed by atoms with Gasteiger partial charge in [-0.15, -0.1) is 11.3 Å². The number of hydrazine groups is 1. The van der Waals surface area contributed by atoms with Crippen molar-refractivity contribution in [2.24, 2.45) is 11.8 Å². The fraction of sp³-hybridized carbons (Fsp3) is 0.700. The van der Waals surface area contributed by atoms with Crippen molar-refractivity contribution in [2.75, 3.05) is 0 Å². The summed E-state index contributed by atoms with van der Waals surface area (Å²) in [4.78, 5) is 5.48. The lowest BCUT2D eigenvalue weighted by atomic mass is 9.99. The molecule has 3 N–H and O–H groups in total. The number of hydrogen-bond acceptors (Lipinski definition) is 4. The average molecular weight is 213 g/mol. The van der Waals surface area contributed by atoms with Gasteiger partial charge in [-0.2, -0.15) is 0 Å². The minimum Gasteiger partial charge on any atom is -0.271 e. The van der Waals surface area contributed by atoms with Gasteiger partial charge >= 0.3 is 0 Å². The Balaban J connectivity index is 2.62. The summed E-state index contributed by atoms with van der Waals surface area (Å²) >= 11 is 1.72. The van der Waals surface area contributed by atoms with E-state index < -0.39 is 0 Å². The maximum absolute atomic E-state index is 5.55. The fourth-order valence-corrected chi connectivity index (χ4v) is 2.23. The first-order chi connectivity index (χ1) is 6.67. The third-order valence-corrected chi connectivity index (χ3v) is 3.55. The Morgan fingerprint density at radius 3 is 2.79 bits per heavy atom. The zero-order valence-electron chi connectivity index (χ0n) is 9.08. The van der Waals surface area contributed by atoms with E-state index in [0.29, 0.717) is 5.92 Å². The van der Waals surface area contributed by atoms with Crippen molar-refractivity contribution in [3.05, 3.63) is 16.1 Å². The molecule has 2 atom stereocenters. The summed E-state index contributed by atoms with van der Waals surface area (Å²) < 4.78 is 0. The number of aromatic nitrogens is 1. The standard InChI is InChI=1S/C10H19N3S/c1-4-7(2)5-9(13-11)10-6-12-8(3)14-10/h6-7,9,13H,4-5,11H2,1-3H3. The Morgan fingerprint density at radius 2 is 2.36 bits per heavy atom. The van der Waals surface area contributed by atoms with E-state index in [1.165, 1.54) is 11.3 Å². The number of rotatable bonds is 5. The van der Waals surface area contributed by atoms with Gasteiger partial charge in [0.25, 0.3) is 0 Å². The van der Waals surface area contributed by atoms with Crippen molar-refractivity contribution in [1.29, 1.82) is 0 Å². The van der Waals surface area contributed by atoms with Crippen LogP contribution in [-0.4, -0.2) is 4.98 Å². The SMILES string of the molecule is CCC(C)CC(NN)c1cnc(C)s1. The van der Waals surface area contributed by atoms with E-state index in [9.17, 15) is 0 Å². The Kier molecular flexibility index (Phi) is 4.51. The number of nitrogens with one attached hydrogen (secondary N) is 1. The lowest BCUT2D eigenvalue weighted by Crippen LogP contribution is -2.28. The number of thiazole rings is 1. The highest BCUT2D eigenvalue weighted by molar-refractivity contribution is 7.11. The molecule has 0 spiro atoms. The summed E-state index contributed by atoms with van der Waals surface area (Å²) in [6.45, 7) is 6.47. The van der Waals surface area contributed by atoms with Crippen LogP contribution in [0.1, 0.15) is 42.6 Å². The van der Waals surface area contributed by atoms with Crippen LogP contribution >= 0.6 is 11.3 Å². The molecule has 0 saturated carbocycles. The van der Waals surface area contributed by atoms with Crippen molar-refractivity contribution >= 4 is 11.3 Å². The minimum absolute atomic E-state index is 0.260. The first-order valence-corrected chi connectivity index (χ1v) is 5.87. The van der Waals surface area contributed by atoms with Crippen LogP contribution in [0.2, 0.25) is 0 Å². The van der Waals surface area contributed by atoms with Gasteiger partial charge in [0.2, 0.25) is 0 Å². The molecule has 1 aromatic rings. The molecule has 3 nitrogen and oxygen atoms in total. The van der Waals surface area contributed by atoms with Crippen LogP contribution in [-0.2, 0) is 0 Å². The molecule has 0 aliphatic rings. The van der Waals surface area contributed by atoms with Crippen molar-refractivity contribution in [3.8, 4) is 0 Å². The molecule has 80 valence electrons. The summed E-state index contributed by atoms with van der Waals surface area (Å²) in [5.41, 5.74) is 2.87. The van der Waals surface area contributed by atoms with E-state index in [1.807, 2.05) is 13.1 Å². The van der Waals surface area contributed by atoms with Crippen LogP contribution in [0.5, 0.6) is 0 Å². The van der Waals surface area contributed by atoms with Gasteiger partial charge in [-0.25, -0.2) is 4.98 Å². The zero-order chi connectivity index (χ0) is 10.6. The van der Waals surface area contributed by atoms with E-state index in [2.05, 4.69) is 24.3 Å². The predicted octanol–water partition coefficient (Wildman–Crippen LogP) is 2.39. The van der Waals surface area contributed by atoms with Gasteiger partial charge in [0, 0.05) is 11.1 Å². The molecule has 0 bridgehead atoms. The third-order valence-electron chi connectivity index (χ3n) is 2.52. The molecule has 0 aliphatic heterocycles. The van der Waals surface area contributed by atoms with Crippen LogP contribution in [0.3, 0.4) is 0 Å². The molecule has 1 rings (SSSR count). The summed E-state index contributed by atoms with van der Waals surface area (Å²) in [6, 6.07) is 0.260. The summed E-state index contributed by atoms with van der Waals surface area (Å²) in [7, 11) is 0. The summed E-state index contributed by atoms with van der Waals surface area (Å²) in [5, 5.41) is 1.10. The van der Waals surface area contributed by atoms with Gasteiger partial charge in [0.15, 0.2) is 0 Å². The molecule has 2 unspecified atom stereocenters. The molecule has 0 aromatic carbocycles. The fourth-order valence-electron chi connectivity index (χ4n) is 1.37. The molecule has 1 heterocycles. The molecular weight excluding hydrogens is 194 g/mol. The van der Waals surface area contributed by atoms with E-state index in [1.54, 1.807) is 11.3 Å². The molecular formula is C10H19N3S.